The van der Waals surface area contributed by atoms with Crippen LogP contribution >= 0.6 is 0 Å². The van der Waals surface area contributed by atoms with E-state index in [2.05, 4.69) is 0 Å². The van der Waals surface area contributed by atoms with Crippen molar-refractivity contribution in [3.05, 3.63) is 105 Å². The summed E-state index contributed by atoms with van der Waals surface area (Å²) in [6, 6.07) is 17.4. The average molecular weight is 604 g/mol. The lowest BCUT2D eigenvalue weighted by molar-refractivity contribution is -0.384. The SMILES string of the molecule is CCOc1c2c(c(OCC)c3ccccc13)C(=O)N(c1ccc(CS(=O)(=O)NC(=O)c3ccc([N+](=O)[O-])cc3)cc1)C2=O. The normalized spacial score (nSPS) is 12.7. The van der Waals surface area contributed by atoms with Crippen LogP contribution in [0.3, 0.4) is 0 Å². The minimum atomic E-state index is -4.17. The number of sulfonamides is 1. The largest absolute Gasteiger partial charge is 0.492 e. The van der Waals surface area contributed by atoms with Crippen molar-refractivity contribution in [1.82, 2.24) is 4.72 Å². The van der Waals surface area contributed by atoms with E-state index in [9.17, 15) is 32.9 Å². The van der Waals surface area contributed by atoms with Crippen LogP contribution in [-0.4, -0.2) is 44.3 Å². The molecule has 0 fully saturated rings. The fraction of sp³-hybridized carbons (Fsp3) is 0.167. The first kappa shape index (κ1) is 29.2. The predicted molar refractivity (Wildman–Crippen MR) is 157 cm³/mol. The molecular formula is C30H25N3O9S. The Morgan fingerprint density at radius 3 is 1.81 bits per heavy atom. The second-order valence-electron chi connectivity index (χ2n) is 9.43. The molecule has 5 rings (SSSR count). The van der Waals surface area contributed by atoms with Crippen LogP contribution in [-0.2, 0) is 15.8 Å². The number of carbonyl (C=O) groups excluding carboxylic acids is 3. The van der Waals surface area contributed by atoms with Crippen molar-refractivity contribution in [2.75, 3.05) is 18.1 Å². The maximum Gasteiger partial charge on any atom is 0.270 e. The monoisotopic (exact) mass is 603 g/mol. The molecule has 4 aromatic rings. The lowest BCUT2D eigenvalue weighted by Gasteiger charge is -2.15. The smallest absolute Gasteiger partial charge is 0.270 e. The number of carbonyl (C=O) groups is 3. The molecule has 0 aromatic heterocycles. The number of nitrogens with zero attached hydrogens (tertiary/aromatic N) is 2. The van der Waals surface area contributed by atoms with Gasteiger partial charge in [0.05, 0.1) is 40.7 Å². The minimum absolute atomic E-state index is 0.0688. The maximum absolute atomic E-state index is 13.7. The third kappa shape index (κ3) is 5.49. The second kappa shape index (κ2) is 11.5. The van der Waals surface area contributed by atoms with Crippen molar-refractivity contribution in [2.45, 2.75) is 19.6 Å². The summed E-state index contributed by atoms with van der Waals surface area (Å²) < 4.78 is 39.0. The van der Waals surface area contributed by atoms with Crippen LogP contribution in [0.25, 0.3) is 10.8 Å². The first-order valence-corrected chi connectivity index (χ1v) is 14.8. The highest BCUT2D eigenvalue weighted by molar-refractivity contribution is 7.89. The van der Waals surface area contributed by atoms with E-state index in [4.69, 9.17) is 9.47 Å². The summed E-state index contributed by atoms with van der Waals surface area (Å²) in [7, 11) is -4.17. The molecule has 0 saturated carbocycles. The van der Waals surface area contributed by atoms with Gasteiger partial charge in [0, 0.05) is 28.5 Å². The van der Waals surface area contributed by atoms with Gasteiger partial charge in [0.25, 0.3) is 23.4 Å². The van der Waals surface area contributed by atoms with Crippen molar-refractivity contribution in [3.8, 4) is 11.5 Å². The summed E-state index contributed by atoms with van der Waals surface area (Å²) in [4.78, 5) is 51.0. The molecule has 1 aliphatic rings. The van der Waals surface area contributed by atoms with Gasteiger partial charge in [0.1, 0.15) is 11.5 Å². The molecule has 12 nitrogen and oxygen atoms in total. The molecule has 0 radical (unpaired) electrons. The molecule has 4 aromatic carbocycles. The zero-order chi connectivity index (χ0) is 30.9. The standard InChI is InChI=1S/C30H25N3O9S/c1-3-41-26-22-7-5-6-8-23(22)27(42-4-2)25-24(26)29(35)32(30(25)36)20-13-9-18(10-14-20)17-43(39,40)31-28(34)19-11-15-21(16-12-19)33(37)38/h5-16H,3-4,17H2,1-2H3,(H,31,34). The van der Waals surface area contributed by atoms with Gasteiger partial charge in [-0.3, -0.25) is 24.5 Å². The first-order chi connectivity index (χ1) is 20.6. The summed E-state index contributed by atoms with van der Waals surface area (Å²) in [5, 5.41) is 12.1. The van der Waals surface area contributed by atoms with Crippen molar-refractivity contribution in [2.24, 2.45) is 0 Å². The van der Waals surface area contributed by atoms with E-state index in [0.717, 1.165) is 29.2 Å². The van der Waals surface area contributed by atoms with E-state index in [0.29, 0.717) is 10.8 Å². The summed E-state index contributed by atoms with van der Waals surface area (Å²) in [5.74, 6) is -2.17. The molecule has 0 saturated heterocycles. The zero-order valence-corrected chi connectivity index (χ0v) is 23.8. The maximum atomic E-state index is 13.7. The molecule has 0 atom stereocenters. The van der Waals surface area contributed by atoms with Crippen molar-refractivity contribution in [3.63, 3.8) is 0 Å². The van der Waals surface area contributed by atoms with E-state index in [1.807, 2.05) is 4.72 Å². The minimum Gasteiger partial charge on any atom is -0.492 e. The van der Waals surface area contributed by atoms with Crippen LogP contribution in [0.15, 0.2) is 72.8 Å². The Bertz CT molecular complexity index is 1820. The van der Waals surface area contributed by atoms with Gasteiger partial charge in [-0.2, -0.15) is 0 Å². The molecule has 220 valence electrons. The molecule has 43 heavy (non-hydrogen) atoms. The third-order valence-corrected chi connectivity index (χ3v) is 7.88. The number of nitrogens with one attached hydrogen (secondary N) is 1. The number of amides is 3. The molecule has 0 aliphatic carbocycles. The van der Waals surface area contributed by atoms with E-state index >= 15 is 0 Å². The number of hydrogen-bond donors (Lipinski definition) is 1. The van der Waals surface area contributed by atoms with Crippen LogP contribution in [0, 0.1) is 10.1 Å². The molecular weight excluding hydrogens is 578 g/mol. The van der Waals surface area contributed by atoms with E-state index < -0.39 is 38.4 Å². The number of benzene rings is 4. The van der Waals surface area contributed by atoms with E-state index in [1.165, 1.54) is 24.3 Å². The lowest BCUT2D eigenvalue weighted by atomic mass is 9.99. The molecule has 1 N–H and O–H groups in total. The summed E-state index contributed by atoms with van der Waals surface area (Å²) >= 11 is 0. The molecule has 0 unspecified atom stereocenters. The topological polar surface area (TPSA) is 162 Å². The number of anilines is 1. The summed E-state index contributed by atoms with van der Waals surface area (Å²) in [6.45, 7) is 4.07. The Morgan fingerprint density at radius 2 is 1.35 bits per heavy atom. The molecule has 0 bridgehead atoms. The third-order valence-electron chi connectivity index (χ3n) is 6.67. The predicted octanol–water partition coefficient (Wildman–Crippen LogP) is 4.61. The lowest BCUT2D eigenvalue weighted by Crippen LogP contribution is -2.31. The van der Waals surface area contributed by atoms with Gasteiger partial charge in [-0.1, -0.05) is 36.4 Å². The van der Waals surface area contributed by atoms with Gasteiger partial charge in [0.2, 0.25) is 10.0 Å². The molecule has 1 aliphatic heterocycles. The van der Waals surface area contributed by atoms with Crippen LogP contribution in [0.1, 0.15) is 50.5 Å². The number of non-ortho nitro benzene ring substituents is 1. The molecule has 3 amide bonds. The number of hydrogen-bond acceptors (Lipinski definition) is 9. The van der Waals surface area contributed by atoms with Gasteiger partial charge in [-0.15, -0.1) is 0 Å². The average Bonchev–Trinajstić information content (AvgIpc) is 3.24. The molecule has 1 heterocycles. The van der Waals surface area contributed by atoms with Crippen molar-refractivity contribution >= 4 is 49.9 Å². The number of fused-ring (bicyclic) bond motifs is 2. The Morgan fingerprint density at radius 1 is 0.837 bits per heavy atom. The van der Waals surface area contributed by atoms with Crippen LogP contribution in [0.2, 0.25) is 0 Å². The van der Waals surface area contributed by atoms with Crippen molar-refractivity contribution in [1.29, 1.82) is 0 Å². The number of nitro groups is 1. The first-order valence-electron chi connectivity index (χ1n) is 13.2. The van der Waals surface area contributed by atoms with Gasteiger partial charge in [-0.05, 0) is 43.7 Å². The van der Waals surface area contributed by atoms with Crippen LogP contribution < -0.4 is 19.1 Å². The number of ether oxygens (including phenoxy) is 2. The summed E-state index contributed by atoms with van der Waals surface area (Å²) in [5.41, 5.74) is 0.357. The fourth-order valence-electron chi connectivity index (χ4n) is 4.85. The number of imide groups is 1. The zero-order valence-electron chi connectivity index (χ0n) is 23.0. The quantitative estimate of drug-likeness (QED) is 0.155. The van der Waals surface area contributed by atoms with E-state index in [-0.39, 0.29) is 58.3 Å². The van der Waals surface area contributed by atoms with E-state index in [1.54, 1.807) is 38.1 Å². The Hall–Kier alpha value is -5.30. The fourth-order valence-corrected chi connectivity index (χ4v) is 5.96. The molecule has 13 heteroatoms. The Labute approximate surface area is 246 Å². The van der Waals surface area contributed by atoms with Gasteiger partial charge in [0.15, 0.2) is 0 Å². The Balaban J connectivity index is 1.40. The highest BCUT2D eigenvalue weighted by Crippen LogP contribution is 2.46. The highest BCUT2D eigenvalue weighted by Gasteiger charge is 2.43. The van der Waals surface area contributed by atoms with Crippen LogP contribution in [0.4, 0.5) is 11.4 Å². The number of rotatable bonds is 10. The highest BCUT2D eigenvalue weighted by atomic mass is 32.2. The van der Waals surface area contributed by atoms with Gasteiger partial charge in [-0.25, -0.2) is 18.0 Å². The van der Waals surface area contributed by atoms with Gasteiger partial charge < -0.3 is 9.47 Å². The Kier molecular flexibility index (Phi) is 7.83. The van der Waals surface area contributed by atoms with Crippen molar-refractivity contribution < 1.29 is 37.2 Å². The van der Waals surface area contributed by atoms with Crippen LogP contribution in [0.5, 0.6) is 11.5 Å². The molecule has 0 spiro atoms. The summed E-state index contributed by atoms with van der Waals surface area (Å²) in [6.07, 6.45) is 0. The van der Waals surface area contributed by atoms with Gasteiger partial charge >= 0.3 is 0 Å². The second-order valence-corrected chi connectivity index (χ2v) is 11.1. The number of nitro benzene ring substituents is 1.